The maximum absolute atomic E-state index is 2.52. The van der Waals surface area contributed by atoms with Crippen LogP contribution in [0.2, 0.25) is 0 Å². The van der Waals surface area contributed by atoms with Crippen LogP contribution < -0.4 is 0 Å². The molecule has 1 heteroatoms. The first kappa shape index (κ1) is 24.1. The fourth-order valence-corrected chi connectivity index (χ4v) is 8.45. The van der Waals surface area contributed by atoms with Crippen LogP contribution in [0, 0.1) is 0 Å². The van der Waals surface area contributed by atoms with E-state index in [1.165, 1.54) is 93.9 Å². The molecule has 0 saturated heterocycles. The summed E-state index contributed by atoms with van der Waals surface area (Å²) in [6.45, 7) is 4.78. The smallest absolute Gasteiger partial charge is 0.0588 e. The average Bonchev–Trinajstić information content (AvgIpc) is 3.66. The first-order valence-electron chi connectivity index (χ1n) is 15.5. The Morgan fingerprint density at radius 3 is 1.95 bits per heavy atom. The zero-order chi connectivity index (χ0) is 29.2. The van der Waals surface area contributed by atoms with Crippen molar-refractivity contribution in [1.82, 2.24) is 4.57 Å². The highest BCUT2D eigenvalue weighted by Gasteiger charge is 2.38. The lowest BCUT2D eigenvalue weighted by Crippen LogP contribution is -2.16. The van der Waals surface area contributed by atoms with Crippen LogP contribution in [0.25, 0.3) is 82.8 Å². The van der Waals surface area contributed by atoms with Crippen LogP contribution >= 0.6 is 0 Å². The molecule has 1 nitrogen and oxygen atoms in total. The second-order valence-electron chi connectivity index (χ2n) is 12.9. The van der Waals surface area contributed by atoms with E-state index in [1.807, 2.05) is 0 Å². The largest absolute Gasteiger partial charge is 0.309 e. The summed E-state index contributed by atoms with van der Waals surface area (Å²) < 4.78 is 2.52. The van der Waals surface area contributed by atoms with E-state index in [2.05, 4.69) is 158 Å². The molecule has 206 valence electrons. The zero-order valence-corrected chi connectivity index (χ0v) is 24.7. The maximum Gasteiger partial charge on any atom is 0.0588 e. The second-order valence-corrected chi connectivity index (χ2v) is 12.9. The van der Waals surface area contributed by atoms with Gasteiger partial charge in [-0.3, -0.25) is 0 Å². The standard InChI is InChI=1S/C43H29N/c1-43(2)38-19-7-5-15-31(38)36-23-24-37-32-16-6-8-20-39(32)44(42(37)41(36)43)27-12-9-11-26(25-27)28-21-22-35-30-14-4-3-13-29(30)34-18-10-17-33(28)40(34)35/h3-25H,1-2H3. The molecule has 0 N–H and O–H groups in total. The van der Waals surface area contributed by atoms with Crippen LogP contribution in [0.1, 0.15) is 25.0 Å². The molecule has 0 unspecified atom stereocenters. The van der Waals surface area contributed by atoms with Crippen LogP contribution in [0.15, 0.2) is 140 Å². The van der Waals surface area contributed by atoms with E-state index in [0.29, 0.717) is 0 Å². The molecule has 0 spiro atoms. The minimum absolute atomic E-state index is 0.109. The van der Waals surface area contributed by atoms with E-state index < -0.39 is 0 Å². The molecule has 0 saturated carbocycles. The lowest BCUT2D eigenvalue weighted by atomic mass is 9.81. The summed E-state index contributed by atoms with van der Waals surface area (Å²) in [6.07, 6.45) is 0. The number of rotatable bonds is 2. The van der Waals surface area contributed by atoms with Gasteiger partial charge in [0, 0.05) is 21.9 Å². The third-order valence-corrected chi connectivity index (χ3v) is 10.3. The van der Waals surface area contributed by atoms with Crippen LogP contribution in [0.3, 0.4) is 0 Å². The summed E-state index contributed by atoms with van der Waals surface area (Å²) in [6, 6.07) is 51.9. The van der Waals surface area contributed by atoms with Crippen molar-refractivity contribution < 1.29 is 0 Å². The van der Waals surface area contributed by atoms with Gasteiger partial charge in [0.2, 0.25) is 0 Å². The Morgan fingerprint density at radius 1 is 0.455 bits per heavy atom. The van der Waals surface area contributed by atoms with Gasteiger partial charge < -0.3 is 4.57 Å². The Morgan fingerprint density at radius 2 is 1.09 bits per heavy atom. The molecule has 0 atom stereocenters. The van der Waals surface area contributed by atoms with Crippen molar-refractivity contribution in [2.45, 2.75) is 19.3 Å². The number of fused-ring (bicyclic) bond motifs is 10. The Bertz CT molecular complexity index is 2490. The monoisotopic (exact) mass is 559 g/mol. The van der Waals surface area contributed by atoms with Gasteiger partial charge in [-0.1, -0.05) is 135 Å². The molecule has 0 bridgehead atoms. The van der Waals surface area contributed by atoms with Crippen LogP contribution in [-0.4, -0.2) is 4.57 Å². The van der Waals surface area contributed by atoms with E-state index in [9.17, 15) is 0 Å². The molecule has 8 aromatic rings. The van der Waals surface area contributed by atoms with Crippen molar-refractivity contribution in [2.24, 2.45) is 0 Å². The molecule has 0 fully saturated rings. The van der Waals surface area contributed by atoms with E-state index in [0.717, 1.165) is 0 Å². The van der Waals surface area contributed by atoms with E-state index in [1.54, 1.807) is 0 Å². The van der Waals surface area contributed by atoms with E-state index >= 15 is 0 Å². The van der Waals surface area contributed by atoms with Gasteiger partial charge in [-0.2, -0.15) is 0 Å². The van der Waals surface area contributed by atoms with Crippen LogP contribution in [0.5, 0.6) is 0 Å². The Labute approximate surface area is 256 Å². The summed E-state index contributed by atoms with van der Waals surface area (Å²) in [5.41, 5.74) is 17.0. The molecule has 2 aliphatic carbocycles. The fourth-order valence-electron chi connectivity index (χ4n) is 8.45. The van der Waals surface area contributed by atoms with Gasteiger partial charge >= 0.3 is 0 Å². The van der Waals surface area contributed by atoms with Gasteiger partial charge in [0.15, 0.2) is 0 Å². The molecule has 10 rings (SSSR count). The topological polar surface area (TPSA) is 4.93 Å². The van der Waals surface area contributed by atoms with E-state index in [4.69, 9.17) is 0 Å². The molecule has 1 heterocycles. The predicted octanol–water partition coefficient (Wildman–Crippen LogP) is 11.6. The Hall–Kier alpha value is -5.40. The SMILES string of the molecule is CC1(C)c2ccccc2-c2ccc3c4ccccc4n(-c4cccc(-c5ccc6c7c(cccc57)-c5ccccc5-6)c4)c3c21. The summed E-state index contributed by atoms with van der Waals surface area (Å²) in [7, 11) is 0. The molecular formula is C43H29N. The third kappa shape index (κ3) is 2.94. The highest BCUT2D eigenvalue weighted by molar-refractivity contribution is 6.19. The van der Waals surface area contributed by atoms with Crippen molar-refractivity contribution in [1.29, 1.82) is 0 Å². The number of para-hydroxylation sites is 1. The summed E-state index contributed by atoms with van der Waals surface area (Å²) >= 11 is 0. The molecule has 44 heavy (non-hydrogen) atoms. The molecule has 7 aromatic carbocycles. The first-order valence-corrected chi connectivity index (χ1v) is 15.5. The zero-order valence-electron chi connectivity index (χ0n) is 24.7. The summed E-state index contributed by atoms with van der Waals surface area (Å²) in [5, 5.41) is 5.29. The first-order chi connectivity index (χ1) is 21.6. The van der Waals surface area contributed by atoms with Crippen molar-refractivity contribution in [3.05, 3.63) is 151 Å². The number of aromatic nitrogens is 1. The van der Waals surface area contributed by atoms with Gasteiger partial charge in [0.1, 0.15) is 0 Å². The quantitative estimate of drug-likeness (QED) is 0.198. The van der Waals surface area contributed by atoms with Gasteiger partial charge in [-0.15, -0.1) is 0 Å². The third-order valence-electron chi connectivity index (χ3n) is 10.3. The van der Waals surface area contributed by atoms with Crippen molar-refractivity contribution in [3.8, 4) is 50.2 Å². The Kier molecular flexibility index (Phi) is 4.58. The number of benzene rings is 7. The fraction of sp³-hybridized carbons (Fsp3) is 0.0698. The van der Waals surface area contributed by atoms with Crippen LogP contribution in [-0.2, 0) is 5.41 Å². The Balaban J connectivity index is 1.25. The normalized spacial score (nSPS) is 13.9. The molecular weight excluding hydrogens is 530 g/mol. The van der Waals surface area contributed by atoms with Crippen molar-refractivity contribution in [3.63, 3.8) is 0 Å². The van der Waals surface area contributed by atoms with Gasteiger partial charge in [0.05, 0.1) is 11.0 Å². The minimum Gasteiger partial charge on any atom is -0.309 e. The lowest BCUT2D eigenvalue weighted by Gasteiger charge is -2.23. The molecule has 0 radical (unpaired) electrons. The van der Waals surface area contributed by atoms with Crippen molar-refractivity contribution in [2.75, 3.05) is 0 Å². The molecule has 1 aromatic heterocycles. The maximum atomic E-state index is 2.52. The van der Waals surface area contributed by atoms with Crippen molar-refractivity contribution >= 4 is 32.6 Å². The van der Waals surface area contributed by atoms with Crippen LogP contribution in [0.4, 0.5) is 0 Å². The summed E-state index contributed by atoms with van der Waals surface area (Å²) in [5.74, 6) is 0. The number of nitrogens with zero attached hydrogens (tertiary/aromatic N) is 1. The van der Waals surface area contributed by atoms with Gasteiger partial charge in [0.25, 0.3) is 0 Å². The molecule has 0 amide bonds. The number of hydrogen-bond acceptors (Lipinski definition) is 0. The minimum atomic E-state index is -0.109. The average molecular weight is 560 g/mol. The van der Waals surface area contributed by atoms with E-state index in [-0.39, 0.29) is 5.41 Å². The molecule has 2 aliphatic rings. The highest BCUT2D eigenvalue weighted by Crippen LogP contribution is 2.53. The molecule has 0 aliphatic heterocycles. The number of hydrogen-bond donors (Lipinski definition) is 0. The second kappa shape index (κ2) is 8.36. The highest BCUT2D eigenvalue weighted by atomic mass is 15.0. The van der Waals surface area contributed by atoms with Gasteiger partial charge in [-0.25, -0.2) is 0 Å². The lowest BCUT2D eigenvalue weighted by molar-refractivity contribution is 0.664. The predicted molar refractivity (Wildman–Crippen MR) is 186 cm³/mol. The summed E-state index contributed by atoms with van der Waals surface area (Å²) in [4.78, 5) is 0. The van der Waals surface area contributed by atoms with Gasteiger partial charge in [-0.05, 0) is 84.6 Å².